The highest BCUT2D eigenvalue weighted by Crippen LogP contribution is 2.37. The van der Waals surface area contributed by atoms with Gasteiger partial charge in [0.15, 0.2) is 0 Å². The Morgan fingerprint density at radius 3 is 2.83 bits per heavy atom. The van der Waals surface area contributed by atoms with Gasteiger partial charge in [-0.15, -0.1) is 0 Å². The van der Waals surface area contributed by atoms with Crippen molar-refractivity contribution in [3.8, 4) is 0 Å². The number of hydrogen-bond acceptors (Lipinski definition) is 3. The molecular formula is C18H22ClN3O2. The second-order valence-electron chi connectivity index (χ2n) is 6.73. The number of non-ortho nitro benzene ring substituents is 1. The average Bonchev–Trinajstić information content (AvgIpc) is 2.90. The lowest BCUT2D eigenvalue weighted by Crippen LogP contribution is -2.33. The number of nitro benzene ring substituents is 1. The van der Waals surface area contributed by atoms with Crippen LogP contribution in [0.5, 0.6) is 0 Å². The third-order valence-electron chi connectivity index (χ3n) is 4.44. The lowest BCUT2D eigenvalue weighted by atomic mass is 10.00. The first kappa shape index (κ1) is 17.0. The Morgan fingerprint density at radius 2 is 2.12 bits per heavy atom. The number of rotatable bonds is 4. The molecule has 5 nitrogen and oxygen atoms in total. The van der Waals surface area contributed by atoms with Crippen molar-refractivity contribution in [1.29, 1.82) is 0 Å². The lowest BCUT2D eigenvalue weighted by molar-refractivity contribution is -0.384. The largest absolute Gasteiger partial charge is 0.350 e. The Hall–Kier alpha value is -1.85. The van der Waals surface area contributed by atoms with Crippen molar-refractivity contribution in [2.45, 2.75) is 32.9 Å². The quantitative estimate of drug-likeness (QED) is 0.604. The zero-order chi connectivity index (χ0) is 17.3. The summed E-state index contributed by atoms with van der Waals surface area (Å²) in [5, 5.41) is 11.8. The Bertz CT molecular complexity index is 742. The van der Waals surface area contributed by atoms with Gasteiger partial charge in [-0.1, -0.05) is 25.4 Å². The predicted molar refractivity (Wildman–Crippen MR) is 95.4 cm³/mol. The van der Waals surface area contributed by atoms with Crippen molar-refractivity contribution in [3.05, 3.63) is 62.9 Å². The van der Waals surface area contributed by atoms with E-state index in [9.17, 15) is 10.1 Å². The van der Waals surface area contributed by atoms with E-state index in [-0.39, 0.29) is 16.7 Å². The predicted octanol–water partition coefficient (Wildman–Crippen LogP) is 4.50. The van der Waals surface area contributed by atoms with Crippen molar-refractivity contribution in [2.75, 3.05) is 13.1 Å². The summed E-state index contributed by atoms with van der Waals surface area (Å²) < 4.78 is 2.24. The summed E-state index contributed by atoms with van der Waals surface area (Å²) in [5.41, 5.74) is 2.05. The van der Waals surface area contributed by atoms with Crippen LogP contribution >= 0.6 is 11.6 Å². The molecule has 0 fully saturated rings. The van der Waals surface area contributed by atoms with Crippen LogP contribution < -0.4 is 0 Å². The highest BCUT2D eigenvalue weighted by molar-refractivity contribution is 6.31. The summed E-state index contributed by atoms with van der Waals surface area (Å²) in [5.74, 6) is 0.506. The molecule has 3 rings (SSSR count). The smallest absolute Gasteiger partial charge is 0.269 e. The fourth-order valence-corrected chi connectivity index (χ4v) is 3.74. The Morgan fingerprint density at radius 1 is 1.33 bits per heavy atom. The number of fused-ring (bicyclic) bond motifs is 1. The number of nitrogens with zero attached hydrogens (tertiary/aromatic N) is 3. The van der Waals surface area contributed by atoms with Crippen LogP contribution in [-0.4, -0.2) is 27.5 Å². The monoisotopic (exact) mass is 347 g/mol. The molecule has 0 N–H and O–H groups in total. The first-order valence-electron chi connectivity index (χ1n) is 8.30. The third kappa shape index (κ3) is 3.32. The molecule has 6 heteroatoms. The van der Waals surface area contributed by atoms with Crippen LogP contribution in [0.2, 0.25) is 5.02 Å². The topological polar surface area (TPSA) is 51.3 Å². The van der Waals surface area contributed by atoms with Crippen LogP contribution in [0.15, 0.2) is 36.5 Å². The highest BCUT2D eigenvalue weighted by Gasteiger charge is 2.30. The second kappa shape index (κ2) is 6.95. The van der Waals surface area contributed by atoms with Gasteiger partial charge in [-0.3, -0.25) is 15.0 Å². The van der Waals surface area contributed by atoms with E-state index in [1.165, 1.54) is 6.07 Å². The van der Waals surface area contributed by atoms with Crippen molar-refractivity contribution < 1.29 is 4.92 Å². The molecule has 0 saturated carbocycles. The fraction of sp³-hybridized carbons (Fsp3) is 0.444. The average molecular weight is 348 g/mol. The number of hydrogen-bond donors (Lipinski definition) is 0. The van der Waals surface area contributed by atoms with E-state index in [1.54, 1.807) is 12.1 Å². The molecule has 0 amide bonds. The number of benzene rings is 1. The van der Waals surface area contributed by atoms with Crippen LogP contribution in [0.25, 0.3) is 0 Å². The van der Waals surface area contributed by atoms with Gasteiger partial charge in [0.05, 0.1) is 11.0 Å². The minimum absolute atomic E-state index is 0.0581. The van der Waals surface area contributed by atoms with Crippen LogP contribution in [-0.2, 0) is 6.54 Å². The standard InChI is InChI=1S/C18H22ClN3O2/c1-13(2)12-21-10-4-9-20-8-3-5-17(20)18(21)15-11-14(22(23)24)6-7-16(15)19/h3,5-8,11,13,18H,4,9-10,12H2,1-2H3. The van der Waals surface area contributed by atoms with Gasteiger partial charge in [0.1, 0.15) is 0 Å². The number of aromatic nitrogens is 1. The zero-order valence-corrected chi connectivity index (χ0v) is 14.7. The maximum atomic E-state index is 11.2. The Balaban J connectivity index is 2.13. The first-order valence-corrected chi connectivity index (χ1v) is 8.68. The molecule has 0 bridgehead atoms. The van der Waals surface area contributed by atoms with E-state index in [0.29, 0.717) is 10.9 Å². The SMILES string of the molecule is CC(C)CN1CCCn2cccc2C1c1cc([N+](=O)[O-])ccc1Cl. The first-order chi connectivity index (χ1) is 11.5. The van der Waals surface area contributed by atoms with Crippen LogP contribution in [0.4, 0.5) is 5.69 Å². The second-order valence-corrected chi connectivity index (χ2v) is 7.14. The summed E-state index contributed by atoms with van der Waals surface area (Å²) in [7, 11) is 0. The van der Waals surface area contributed by atoms with Crippen LogP contribution in [0.3, 0.4) is 0 Å². The van der Waals surface area contributed by atoms with Gasteiger partial charge in [0.25, 0.3) is 5.69 Å². The molecular weight excluding hydrogens is 326 g/mol. The number of nitro groups is 1. The van der Waals surface area contributed by atoms with Gasteiger partial charge in [-0.25, -0.2) is 0 Å². The maximum Gasteiger partial charge on any atom is 0.269 e. The molecule has 0 aliphatic carbocycles. The normalized spacial score (nSPS) is 18.4. The molecule has 0 spiro atoms. The van der Waals surface area contributed by atoms with E-state index < -0.39 is 0 Å². The van der Waals surface area contributed by atoms with Gasteiger partial charge in [0, 0.05) is 54.2 Å². The minimum Gasteiger partial charge on any atom is -0.350 e. The molecule has 1 aromatic heterocycles. The van der Waals surface area contributed by atoms with Gasteiger partial charge in [-0.2, -0.15) is 0 Å². The lowest BCUT2D eigenvalue weighted by Gasteiger charge is -2.32. The van der Waals surface area contributed by atoms with Crippen molar-refractivity contribution >= 4 is 17.3 Å². The summed E-state index contributed by atoms with van der Waals surface area (Å²) in [6, 6.07) is 8.81. The zero-order valence-electron chi connectivity index (χ0n) is 14.0. The van der Waals surface area contributed by atoms with Crippen LogP contribution in [0.1, 0.15) is 37.6 Å². The summed E-state index contributed by atoms with van der Waals surface area (Å²) in [6.45, 7) is 7.21. The molecule has 1 aromatic carbocycles. The number of aryl methyl sites for hydroxylation is 1. The van der Waals surface area contributed by atoms with E-state index in [1.807, 2.05) is 6.07 Å². The van der Waals surface area contributed by atoms with E-state index >= 15 is 0 Å². The molecule has 0 saturated heterocycles. The summed E-state index contributed by atoms with van der Waals surface area (Å²) in [6.07, 6.45) is 3.13. The molecule has 1 aliphatic rings. The summed E-state index contributed by atoms with van der Waals surface area (Å²) >= 11 is 6.46. The molecule has 128 valence electrons. The van der Waals surface area contributed by atoms with Gasteiger partial charge in [0.2, 0.25) is 0 Å². The van der Waals surface area contributed by atoms with E-state index in [2.05, 4.69) is 35.6 Å². The Kier molecular flexibility index (Phi) is 4.92. The van der Waals surface area contributed by atoms with Gasteiger partial charge >= 0.3 is 0 Å². The molecule has 1 unspecified atom stereocenters. The molecule has 0 radical (unpaired) electrons. The molecule has 2 aromatic rings. The van der Waals surface area contributed by atoms with Crippen molar-refractivity contribution in [2.24, 2.45) is 5.92 Å². The van der Waals surface area contributed by atoms with E-state index in [4.69, 9.17) is 11.6 Å². The molecule has 24 heavy (non-hydrogen) atoms. The molecule has 1 aliphatic heterocycles. The van der Waals surface area contributed by atoms with E-state index in [0.717, 1.165) is 37.3 Å². The minimum atomic E-state index is -0.359. The molecule has 2 heterocycles. The third-order valence-corrected chi connectivity index (χ3v) is 4.78. The van der Waals surface area contributed by atoms with Crippen molar-refractivity contribution in [1.82, 2.24) is 9.47 Å². The van der Waals surface area contributed by atoms with Crippen molar-refractivity contribution in [3.63, 3.8) is 0 Å². The fourth-order valence-electron chi connectivity index (χ4n) is 3.52. The van der Waals surface area contributed by atoms with Gasteiger partial charge in [-0.05, 0) is 30.5 Å². The maximum absolute atomic E-state index is 11.2. The Labute approximate surface area is 147 Å². The molecule has 1 atom stereocenters. The number of halogens is 1. The van der Waals surface area contributed by atoms with Crippen LogP contribution in [0, 0.1) is 16.0 Å². The highest BCUT2D eigenvalue weighted by atomic mass is 35.5. The van der Waals surface area contributed by atoms with Gasteiger partial charge < -0.3 is 4.57 Å². The summed E-state index contributed by atoms with van der Waals surface area (Å²) in [4.78, 5) is 13.3.